The minimum absolute atomic E-state index is 0.00216. The molecule has 0 aliphatic carbocycles. The van der Waals surface area contributed by atoms with Gasteiger partial charge in [-0.25, -0.2) is 4.79 Å². The largest absolute Gasteiger partial charge is 0.450 e. The number of nitrogens with one attached hydrogen (secondary N) is 1. The van der Waals surface area contributed by atoms with Crippen molar-refractivity contribution >= 4 is 35.0 Å². The molecule has 0 bridgehead atoms. The van der Waals surface area contributed by atoms with Gasteiger partial charge in [0.2, 0.25) is 11.6 Å². The Hall–Kier alpha value is -3.92. The summed E-state index contributed by atoms with van der Waals surface area (Å²) in [6.07, 6.45) is -1.09. The molecule has 0 saturated heterocycles. The normalized spacial score (nSPS) is 11.5. The van der Waals surface area contributed by atoms with E-state index < -0.39 is 22.9 Å². The highest BCUT2D eigenvalue weighted by Gasteiger charge is 2.21. The second-order valence-corrected chi connectivity index (χ2v) is 6.80. The molecular formula is C20H16ClN3O7. The number of hydrogen-bond donors (Lipinski definition) is 1. The van der Waals surface area contributed by atoms with Crippen LogP contribution < -0.4 is 10.1 Å². The summed E-state index contributed by atoms with van der Waals surface area (Å²) in [5.74, 6) is -0.922. The van der Waals surface area contributed by atoms with Crippen LogP contribution in [0.25, 0.3) is 0 Å². The van der Waals surface area contributed by atoms with Crippen LogP contribution in [0.2, 0.25) is 5.02 Å². The molecule has 1 aromatic heterocycles. The van der Waals surface area contributed by atoms with E-state index in [0.29, 0.717) is 5.69 Å². The molecule has 0 aliphatic heterocycles. The number of nitro benzene ring substituents is 1. The summed E-state index contributed by atoms with van der Waals surface area (Å²) in [6, 6.07) is 11.2. The van der Waals surface area contributed by atoms with E-state index in [1.165, 1.54) is 55.5 Å². The van der Waals surface area contributed by atoms with E-state index in [-0.39, 0.29) is 33.7 Å². The maximum Gasteiger partial charge on any atom is 0.338 e. The summed E-state index contributed by atoms with van der Waals surface area (Å²) < 4.78 is 15.5. The lowest BCUT2D eigenvalue weighted by Gasteiger charge is -2.12. The van der Waals surface area contributed by atoms with Crippen LogP contribution >= 0.6 is 11.6 Å². The Morgan fingerprint density at radius 1 is 1.19 bits per heavy atom. The maximum absolute atomic E-state index is 12.3. The predicted molar refractivity (Wildman–Crippen MR) is 109 cm³/mol. The van der Waals surface area contributed by atoms with Crippen LogP contribution in [0, 0.1) is 17.0 Å². The minimum atomic E-state index is -1.09. The van der Waals surface area contributed by atoms with Crippen molar-refractivity contribution in [2.75, 3.05) is 5.32 Å². The Kier molecular flexibility index (Phi) is 6.51. The van der Waals surface area contributed by atoms with Crippen LogP contribution in [0.5, 0.6) is 11.5 Å². The van der Waals surface area contributed by atoms with Crippen molar-refractivity contribution in [1.82, 2.24) is 5.16 Å². The number of nitro groups is 1. The molecule has 1 amide bonds. The van der Waals surface area contributed by atoms with Gasteiger partial charge < -0.3 is 14.0 Å². The highest BCUT2D eigenvalue weighted by Crippen LogP contribution is 2.33. The zero-order valence-electron chi connectivity index (χ0n) is 16.3. The van der Waals surface area contributed by atoms with Crippen molar-refractivity contribution in [1.29, 1.82) is 0 Å². The average molecular weight is 446 g/mol. The zero-order valence-corrected chi connectivity index (χ0v) is 17.1. The lowest BCUT2D eigenvalue weighted by molar-refractivity contribution is -0.385. The standard InChI is InChI=1S/C20H16ClN3O7/c1-11-9-18(31-23-11)22-19(25)12(2)29-20(26)13-3-6-15(7-4-13)30-17-8-5-14(21)10-16(17)24(27)28/h3-10,12H,1-2H3,(H,22,25)/t12-/m0/s1. The number of carbonyl (C=O) groups excluding carboxylic acids is 2. The van der Waals surface area contributed by atoms with E-state index in [4.69, 9.17) is 25.6 Å². The number of aromatic nitrogens is 1. The highest BCUT2D eigenvalue weighted by molar-refractivity contribution is 6.30. The fourth-order valence-corrected chi connectivity index (χ4v) is 2.60. The molecule has 1 N–H and O–H groups in total. The maximum atomic E-state index is 12.3. The molecule has 2 aromatic carbocycles. The average Bonchev–Trinajstić information content (AvgIpc) is 3.14. The van der Waals surface area contributed by atoms with Crippen molar-refractivity contribution in [3.05, 3.63) is 74.9 Å². The number of ether oxygens (including phenoxy) is 2. The lowest BCUT2D eigenvalue weighted by Crippen LogP contribution is -2.29. The van der Waals surface area contributed by atoms with Crippen molar-refractivity contribution in [2.24, 2.45) is 0 Å². The lowest BCUT2D eigenvalue weighted by atomic mass is 10.2. The molecular weight excluding hydrogens is 430 g/mol. The predicted octanol–water partition coefficient (Wildman–Crippen LogP) is 4.52. The zero-order chi connectivity index (χ0) is 22.5. The smallest absolute Gasteiger partial charge is 0.338 e. The SMILES string of the molecule is Cc1cc(NC(=O)[C@H](C)OC(=O)c2ccc(Oc3ccc(Cl)cc3[N+](=O)[O-])cc2)on1. The Bertz CT molecular complexity index is 1130. The number of benzene rings is 2. The molecule has 0 saturated carbocycles. The Balaban J connectivity index is 1.62. The second-order valence-electron chi connectivity index (χ2n) is 6.36. The Morgan fingerprint density at radius 2 is 1.90 bits per heavy atom. The fraction of sp³-hybridized carbons (Fsp3) is 0.150. The van der Waals surface area contributed by atoms with Gasteiger partial charge >= 0.3 is 11.7 Å². The summed E-state index contributed by atoms with van der Waals surface area (Å²) >= 11 is 5.78. The van der Waals surface area contributed by atoms with E-state index in [0.717, 1.165) is 0 Å². The molecule has 1 atom stereocenters. The molecule has 0 fully saturated rings. The number of carbonyl (C=O) groups is 2. The molecule has 31 heavy (non-hydrogen) atoms. The number of esters is 1. The van der Waals surface area contributed by atoms with E-state index in [1.54, 1.807) is 6.92 Å². The summed E-state index contributed by atoms with van der Waals surface area (Å²) in [6.45, 7) is 3.11. The molecule has 10 nitrogen and oxygen atoms in total. The molecule has 1 heterocycles. The van der Waals surface area contributed by atoms with Gasteiger partial charge in [-0.1, -0.05) is 16.8 Å². The molecule has 3 aromatic rings. The van der Waals surface area contributed by atoms with Gasteiger partial charge in [0.1, 0.15) is 5.75 Å². The summed E-state index contributed by atoms with van der Waals surface area (Å²) in [4.78, 5) is 34.9. The van der Waals surface area contributed by atoms with Gasteiger partial charge in [-0.05, 0) is 50.2 Å². The minimum Gasteiger partial charge on any atom is -0.450 e. The van der Waals surface area contributed by atoms with Crippen LogP contribution in [-0.4, -0.2) is 28.1 Å². The third-order valence-electron chi connectivity index (χ3n) is 3.96. The third-order valence-corrected chi connectivity index (χ3v) is 4.20. The molecule has 3 rings (SSSR count). The monoisotopic (exact) mass is 445 g/mol. The fourth-order valence-electron chi connectivity index (χ4n) is 2.43. The van der Waals surface area contributed by atoms with Crippen molar-refractivity contribution in [3.8, 4) is 11.5 Å². The molecule has 0 spiro atoms. The molecule has 0 radical (unpaired) electrons. The molecule has 0 unspecified atom stereocenters. The topological polar surface area (TPSA) is 134 Å². The van der Waals surface area contributed by atoms with Gasteiger partial charge in [0.15, 0.2) is 6.10 Å². The molecule has 0 aliphatic rings. The number of anilines is 1. The first kappa shape index (κ1) is 21.8. The van der Waals surface area contributed by atoms with E-state index in [2.05, 4.69) is 10.5 Å². The van der Waals surface area contributed by atoms with Crippen molar-refractivity contribution in [2.45, 2.75) is 20.0 Å². The van der Waals surface area contributed by atoms with Crippen LogP contribution in [-0.2, 0) is 9.53 Å². The van der Waals surface area contributed by atoms with E-state index in [1.807, 2.05) is 0 Å². The van der Waals surface area contributed by atoms with Crippen molar-refractivity contribution in [3.63, 3.8) is 0 Å². The third kappa shape index (κ3) is 5.58. The first-order valence-electron chi connectivity index (χ1n) is 8.90. The number of aryl methyl sites for hydroxylation is 1. The van der Waals surface area contributed by atoms with E-state index in [9.17, 15) is 19.7 Å². The number of halogens is 1. The number of hydrogen-bond acceptors (Lipinski definition) is 8. The van der Waals surface area contributed by atoms with Crippen molar-refractivity contribution < 1.29 is 28.5 Å². The van der Waals surface area contributed by atoms with E-state index >= 15 is 0 Å². The number of rotatable bonds is 7. The van der Waals surface area contributed by atoms with Crippen LogP contribution in [0.3, 0.4) is 0 Å². The number of amides is 1. The highest BCUT2D eigenvalue weighted by atomic mass is 35.5. The van der Waals surface area contributed by atoms with Crippen LogP contribution in [0.1, 0.15) is 23.0 Å². The second kappa shape index (κ2) is 9.26. The Morgan fingerprint density at radius 3 is 2.52 bits per heavy atom. The quantitative estimate of drug-likeness (QED) is 0.318. The van der Waals surface area contributed by atoms with Gasteiger partial charge in [0.05, 0.1) is 16.2 Å². The first-order chi connectivity index (χ1) is 14.7. The summed E-state index contributed by atoms with van der Waals surface area (Å²) in [5.41, 5.74) is 0.456. The van der Waals surface area contributed by atoms with Gasteiger partial charge in [0.25, 0.3) is 5.91 Å². The Labute approximate surface area is 180 Å². The summed E-state index contributed by atoms with van der Waals surface area (Å²) in [5, 5.41) is 17.4. The van der Waals surface area contributed by atoms with Crippen LogP contribution in [0.4, 0.5) is 11.6 Å². The van der Waals surface area contributed by atoms with Crippen LogP contribution in [0.15, 0.2) is 53.1 Å². The van der Waals surface area contributed by atoms with Gasteiger partial charge in [-0.15, -0.1) is 0 Å². The van der Waals surface area contributed by atoms with Gasteiger partial charge in [-0.3, -0.25) is 20.2 Å². The van der Waals surface area contributed by atoms with Gasteiger partial charge in [0, 0.05) is 17.2 Å². The molecule has 11 heteroatoms. The van der Waals surface area contributed by atoms with Gasteiger partial charge in [-0.2, -0.15) is 0 Å². The number of nitrogens with zero attached hydrogens (tertiary/aromatic N) is 2. The summed E-state index contributed by atoms with van der Waals surface area (Å²) in [7, 11) is 0. The molecule has 160 valence electrons. The first-order valence-corrected chi connectivity index (χ1v) is 9.28.